The molecule has 2 unspecified atom stereocenters. The molecular weight excluding hydrogens is 274 g/mol. The van der Waals surface area contributed by atoms with Crippen LogP contribution < -0.4 is 5.73 Å². The Kier molecular flexibility index (Phi) is 4.55. The van der Waals surface area contributed by atoms with Gasteiger partial charge in [0.15, 0.2) is 0 Å². The molecule has 0 aliphatic carbocycles. The number of nitrogens with zero attached hydrogens (tertiary/aromatic N) is 1. The van der Waals surface area contributed by atoms with E-state index in [0.717, 1.165) is 32.5 Å². The Hall–Kier alpha value is -0.300. The highest BCUT2D eigenvalue weighted by atomic mass is 32.2. The summed E-state index contributed by atoms with van der Waals surface area (Å²) in [6, 6.07) is 0.567. The van der Waals surface area contributed by atoms with Crippen molar-refractivity contribution in [2.75, 3.05) is 37.8 Å². The molecular formula is C14H25N3O2S. The third-order valence-electron chi connectivity index (χ3n) is 4.83. The summed E-state index contributed by atoms with van der Waals surface area (Å²) in [5.41, 5.74) is 5.72. The van der Waals surface area contributed by atoms with Crippen molar-refractivity contribution in [2.45, 2.75) is 43.4 Å². The molecule has 0 saturated carbocycles. The van der Waals surface area contributed by atoms with Crippen LogP contribution in [0.2, 0.25) is 0 Å². The zero-order valence-corrected chi connectivity index (χ0v) is 12.8. The van der Waals surface area contributed by atoms with Crippen LogP contribution in [0.25, 0.3) is 0 Å². The fourth-order valence-electron chi connectivity index (χ4n) is 3.59. The minimum Gasteiger partial charge on any atom is -0.385 e. The second-order valence-corrected chi connectivity index (χ2v) is 7.32. The molecule has 3 N–H and O–H groups in total. The molecule has 3 rings (SSSR count). The van der Waals surface area contributed by atoms with Gasteiger partial charge in [-0.1, -0.05) is 0 Å². The van der Waals surface area contributed by atoms with Crippen molar-refractivity contribution < 1.29 is 9.47 Å². The van der Waals surface area contributed by atoms with Gasteiger partial charge in [-0.25, -0.2) is 0 Å². The van der Waals surface area contributed by atoms with Gasteiger partial charge in [0.1, 0.15) is 11.9 Å². The monoisotopic (exact) mass is 299 g/mol. The molecule has 0 aromatic rings. The molecule has 5 nitrogen and oxygen atoms in total. The molecule has 3 fully saturated rings. The van der Waals surface area contributed by atoms with Crippen LogP contribution in [-0.2, 0) is 9.47 Å². The molecule has 0 radical (unpaired) electrons. The average molecular weight is 299 g/mol. The van der Waals surface area contributed by atoms with Crippen LogP contribution in [0.15, 0.2) is 0 Å². The van der Waals surface area contributed by atoms with E-state index in [1.807, 2.05) is 11.8 Å². The first-order valence-electron chi connectivity index (χ1n) is 7.60. The van der Waals surface area contributed by atoms with Crippen molar-refractivity contribution in [1.82, 2.24) is 4.90 Å². The maximum absolute atomic E-state index is 7.58. The van der Waals surface area contributed by atoms with E-state index in [9.17, 15) is 0 Å². The number of rotatable bonds is 2. The van der Waals surface area contributed by atoms with Crippen LogP contribution >= 0.6 is 11.8 Å². The minimum absolute atomic E-state index is 0.123. The third kappa shape index (κ3) is 3.13. The lowest BCUT2D eigenvalue weighted by atomic mass is 9.84. The molecule has 0 bridgehead atoms. The SMILES string of the molecule is N=C(N)C1CN(C2CCOC3(CCSCC3)C2)CCO1. The summed E-state index contributed by atoms with van der Waals surface area (Å²) < 4.78 is 11.7. The third-order valence-corrected chi connectivity index (χ3v) is 5.82. The standard InChI is InChI=1S/C14H25N3O2S/c15-13(16)12-10-17(4-6-18-12)11-1-5-19-14(9-11)2-7-20-8-3-14/h11-12H,1-10H2,(H3,15,16). The summed E-state index contributed by atoms with van der Waals surface area (Å²) in [6.07, 6.45) is 4.39. The zero-order chi connectivity index (χ0) is 14.0. The second-order valence-electron chi connectivity index (χ2n) is 6.10. The number of ether oxygens (including phenoxy) is 2. The largest absolute Gasteiger partial charge is 0.385 e. The Morgan fingerprint density at radius 1 is 1.30 bits per heavy atom. The van der Waals surface area contributed by atoms with Gasteiger partial charge in [-0.05, 0) is 37.2 Å². The van der Waals surface area contributed by atoms with E-state index in [4.69, 9.17) is 20.6 Å². The Morgan fingerprint density at radius 2 is 2.10 bits per heavy atom. The zero-order valence-electron chi connectivity index (χ0n) is 12.0. The number of morpholine rings is 1. The van der Waals surface area contributed by atoms with E-state index < -0.39 is 0 Å². The van der Waals surface area contributed by atoms with Crippen molar-refractivity contribution in [3.63, 3.8) is 0 Å². The fourth-order valence-corrected chi connectivity index (χ4v) is 4.83. The minimum atomic E-state index is -0.218. The number of nitrogens with one attached hydrogen (secondary N) is 1. The molecule has 0 amide bonds. The van der Waals surface area contributed by atoms with Crippen molar-refractivity contribution in [1.29, 1.82) is 5.41 Å². The summed E-state index contributed by atoms with van der Waals surface area (Å²) >= 11 is 2.05. The van der Waals surface area contributed by atoms with Crippen LogP contribution in [-0.4, -0.2) is 66.3 Å². The van der Waals surface area contributed by atoms with Crippen LogP contribution in [0.5, 0.6) is 0 Å². The van der Waals surface area contributed by atoms with Crippen LogP contribution in [0, 0.1) is 5.41 Å². The summed E-state index contributed by atoms with van der Waals surface area (Å²) in [5, 5.41) is 7.58. The molecule has 20 heavy (non-hydrogen) atoms. The number of nitrogens with two attached hydrogens (primary N) is 1. The van der Waals surface area contributed by atoms with E-state index in [2.05, 4.69) is 4.90 Å². The van der Waals surface area contributed by atoms with Gasteiger partial charge in [-0.15, -0.1) is 0 Å². The van der Waals surface area contributed by atoms with Gasteiger partial charge in [0.2, 0.25) is 0 Å². The lowest BCUT2D eigenvalue weighted by molar-refractivity contribution is -0.122. The molecule has 1 spiro atoms. The Bertz CT molecular complexity index is 355. The number of hydrogen-bond acceptors (Lipinski definition) is 5. The number of thioether (sulfide) groups is 1. The van der Waals surface area contributed by atoms with Crippen molar-refractivity contribution in [2.24, 2.45) is 5.73 Å². The fraction of sp³-hybridized carbons (Fsp3) is 0.929. The van der Waals surface area contributed by atoms with Crippen LogP contribution in [0.3, 0.4) is 0 Å². The quantitative estimate of drug-likeness (QED) is 0.589. The molecule has 3 saturated heterocycles. The molecule has 2 atom stereocenters. The molecule has 114 valence electrons. The average Bonchev–Trinajstić information content (AvgIpc) is 2.48. The molecule has 6 heteroatoms. The molecule has 3 heterocycles. The number of hydrogen-bond donors (Lipinski definition) is 2. The van der Waals surface area contributed by atoms with Crippen molar-refractivity contribution in [3.8, 4) is 0 Å². The molecule has 0 aromatic carbocycles. The summed E-state index contributed by atoms with van der Waals surface area (Å²) in [4.78, 5) is 2.47. The van der Waals surface area contributed by atoms with Gasteiger partial charge in [0, 0.05) is 25.7 Å². The van der Waals surface area contributed by atoms with Gasteiger partial charge in [0.25, 0.3) is 0 Å². The molecule has 0 aromatic heterocycles. The van der Waals surface area contributed by atoms with E-state index in [-0.39, 0.29) is 17.5 Å². The highest BCUT2D eigenvalue weighted by Crippen LogP contribution is 2.39. The first kappa shape index (κ1) is 14.6. The number of amidine groups is 1. The van der Waals surface area contributed by atoms with E-state index in [1.165, 1.54) is 24.3 Å². The topological polar surface area (TPSA) is 71.6 Å². The maximum Gasteiger partial charge on any atom is 0.127 e. The normalized spacial score (nSPS) is 35.0. The summed E-state index contributed by atoms with van der Waals surface area (Å²) in [5.74, 6) is 2.61. The van der Waals surface area contributed by atoms with Crippen LogP contribution in [0.4, 0.5) is 0 Å². The summed E-state index contributed by atoms with van der Waals surface area (Å²) in [7, 11) is 0. The van der Waals surface area contributed by atoms with Crippen molar-refractivity contribution >= 4 is 17.6 Å². The smallest absolute Gasteiger partial charge is 0.127 e. The van der Waals surface area contributed by atoms with Gasteiger partial charge in [-0.2, -0.15) is 11.8 Å². The molecule has 3 aliphatic rings. The maximum atomic E-state index is 7.58. The predicted octanol–water partition coefficient (Wildman–Crippen LogP) is 1.07. The summed E-state index contributed by atoms with van der Waals surface area (Å²) in [6.45, 7) is 3.28. The Morgan fingerprint density at radius 3 is 2.85 bits per heavy atom. The first-order valence-corrected chi connectivity index (χ1v) is 8.75. The van der Waals surface area contributed by atoms with Gasteiger partial charge in [0.05, 0.1) is 12.2 Å². The van der Waals surface area contributed by atoms with Gasteiger partial charge < -0.3 is 15.2 Å². The second kappa shape index (κ2) is 6.22. The lowest BCUT2D eigenvalue weighted by Crippen LogP contribution is -2.56. The molecule has 3 aliphatic heterocycles. The Labute approximate surface area is 125 Å². The predicted molar refractivity (Wildman–Crippen MR) is 81.5 cm³/mol. The van der Waals surface area contributed by atoms with Gasteiger partial charge in [-0.3, -0.25) is 10.3 Å². The van der Waals surface area contributed by atoms with E-state index >= 15 is 0 Å². The highest BCUT2D eigenvalue weighted by molar-refractivity contribution is 7.99. The van der Waals surface area contributed by atoms with Crippen LogP contribution in [0.1, 0.15) is 25.7 Å². The first-order chi connectivity index (χ1) is 9.69. The van der Waals surface area contributed by atoms with E-state index in [0.29, 0.717) is 12.6 Å². The lowest BCUT2D eigenvalue weighted by Gasteiger charge is -2.47. The highest BCUT2D eigenvalue weighted by Gasteiger charge is 2.41. The van der Waals surface area contributed by atoms with Gasteiger partial charge >= 0.3 is 0 Å². The van der Waals surface area contributed by atoms with Crippen molar-refractivity contribution in [3.05, 3.63) is 0 Å². The van der Waals surface area contributed by atoms with E-state index in [1.54, 1.807) is 0 Å². The Balaban J connectivity index is 1.62.